The first-order chi connectivity index (χ1) is 12.1. The van der Waals surface area contributed by atoms with Gasteiger partial charge in [-0.25, -0.2) is 0 Å². The molecule has 0 aliphatic rings. The zero-order chi connectivity index (χ0) is 17.8. The summed E-state index contributed by atoms with van der Waals surface area (Å²) in [5, 5.41) is 23.3. The van der Waals surface area contributed by atoms with E-state index in [9.17, 15) is 10.1 Å². The van der Waals surface area contributed by atoms with E-state index in [0.29, 0.717) is 15.4 Å². The molecule has 3 rings (SSSR count). The van der Waals surface area contributed by atoms with E-state index in [1.54, 1.807) is 17.9 Å². The number of tetrazole rings is 1. The van der Waals surface area contributed by atoms with Crippen LogP contribution in [0.3, 0.4) is 0 Å². The molecule has 1 aromatic heterocycles. The van der Waals surface area contributed by atoms with Gasteiger partial charge in [-0.3, -0.25) is 10.1 Å². The predicted molar refractivity (Wildman–Crippen MR) is 96.1 cm³/mol. The first-order valence-electron chi connectivity index (χ1n) is 7.06. The van der Waals surface area contributed by atoms with Crippen molar-refractivity contribution in [2.75, 3.05) is 7.11 Å². The summed E-state index contributed by atoms with van der Waals surface area (Å²) >= 11 is 4.69. The molecular formula is C15H12BrN5O3S. The molecule has 2 aromatic carbocycles. The van der Waals surface area contributed by atoms with Gasteiger partial charge >= 0.3 is 0 Å². The summed E-state index contributed by atoms with van der Waals surface area (Å²) in [5.41, 5.74) is 1.64. The molecule has 0 bridgehead atoms. The van der Waals surface area contributed by atoms with Gasteiger partial charge in [0.05, 0.1) is 17.7 Å². The second kappa shape index (κ2) is 7.62. The SMILES string of the molecule is COc1ccc(-n2nnnc2SCc2cc(Br)cc([N+](=O)[O-])c2)cc1. The summed E-state index contributed by atoms with van der Waals surface area (Å²) < 4.78 is 7.41. The number of nitrogens with zero attached hydrogens (tertiary/aromatic N) is 5. The first kappa shape index (κ1) is 17.4. The van der Waals surface area contributed by atoms with E-state index >= 15 is 0 Å². The number of rotatable bonds is 6. The summed E-state index contributed by atoms with van der Waals surface area (Å²) in [6.45, 7) is 0. The third-order valence-corrected chi connectivity index (χ3v) is 4.73. The zero-order valence-electron chi connectivity index (χ0n) is 13.0. The van der Waals surface area contributed by atoms with Crippen molar-refractivity contribution < 1.29 is 9.66 Å². The number of methoxy groups -OCH3 is 1. The maximum atomic E-state index is 11.0. The minimum Gasteiger partial charge on any atom is -0.497 e. The van der Waals surface area contributed by atoms with Gasteiger partial charge in [-0.2, -0.15) is 4.68 Å². The highest BCUT2D eigenvalue weighted by molar-refractivity contribution is 9.10. The molecule has 1 heterocycles. The molecule has 0 fully saturated rings. The second-order valence-corrected chi connectivity index (χ2v) is 6.79. The molecule has 0 amide bonds. The van der Waals surface area contributed by atoms with E-state index in [1.807, 2.05) is 30.3 Å². The molecule has 0 spiro atoms. The molecule has 8 nitrogen and oxygen atoms in total. The fourth-order valence-corrected chi connectivity index (χ4v) is 3.47. The number of thioether (sulfide) groups is 1. The summed E-state index contributed by atoms with van der Waals surface area (Å²) in [7, 11) is 1.60. The molecule has 25 heavy (non-hydrogen) atoms. The van der Waals surface area contributed by atoms with Gasteiger partial charge in [0.25, 0.3) is 5.69 Å². The molecule has 0 saturated carbocycles. The van der Waals surface area contributed by atoms with Gasteiger partial charge in [0.1, 0.15) is 5.75 Å². The maximum Gasteiger partial charge on any atom is 0.270 e. The van der Waals surface area contributed by atoms with Crippen LogP contribution in [0.1, 0.15) is 5.56 Å². The molecule has 0 saturated heterocycles. The Balaban J connectivity index is 1.79. The Bertz CT molecular complexity index is 900. The number of ether oxygens (including phenoxy) is 1. The monoisotopic (exact) mass is 421 g/mol. The van der Waals surface area contributed by atoms with Crippen molar-refractivity contribution in [3.05, 3.63) is 62.6 Å². The minimum atomic E-state index is -0.416. The van der Waals surface area contributed by atoms with Crippen molar-refractivity contribution in [2.24, 2.45) is 0 Å². The number of hydrogen-bond donors (Lipinski definition) is 0. The lowest BCUT2D eigenvalue weighted by Gasteiger charge is -2.06. The van der Waals surface area contributed by atoms with Crippen LogP contribution in [0.5, 0.6) is 5.75 Å². The number of nitro groups is 1. The van der Waals surface area contributed by atoms with Crippen LogP contribution < -0.4 is 4.74 Å². The molecule has 0 N–H and O–H groups in total. The first-order valence-corrected chi connectivity index (χ1v) is 8.84. The van der Waals surface area contributed by atoms with Crippen molar-refractivity contribution in [3.8, 4) is 11.4 Å². The molecule has 0 atom stereocenters. The molecular weight excluding hydrogens is 410 g/mol. The lowest BCUT2D eigenvalue weighted by Crippen LogP contribution is -1.99. The fourth-order valence-electron chi connectivity index (χ4n) is 2.12. The highest BCUT2D eigenvalue weighted by Crippen LogP contribution is 2.27. The number of aromatic nitrogens is 4. The Morgan fingerprint density at radius 2 is 2.04 bits per heavy atom. The van der Waals surface area contributed by atoms with Crippen LogP contribution in [0.25, 0.3) is 5.69 Å². The van der Waals surface area contributed by atoms with Crippen LogP contribution in [0.4, 0.5) is 5.69 Å². The Morgan fingerprint density at radius 1 is 1.28 bits per heavy atom. The Kier molecular flexibility index (Phi) is 5.29. The summed E-state index contributed by atoms with van der Waals surface area (Å²) in [6, 6.07) is 12.2. The zero-order valence-corrected chi connectivity index (χ0v) is 15.4. The molecule has 0 aliphatic heterocycles. The Morgan fingerprint density at radius 3 is 2.72 bits per heavy atom. The number of benzene rings is 2. The highest BCUT2D eigenvalue weighted by atomic mass is 79.9. The summed E-state index contributed by atoms with van der Waals surface area (Å²) in [4.78, 5) is 10.5. The average molecular weight is 422 g/mol. The van der Waals surface area contributed by atoms with Gasteiger partial charge in [-0.1, -0.05) is 27.7 Å². The number of halogens is 1. The van der Waals surface area contributed by atoms with Crippen molar-refractivity contribution in [1.82, 2.24) is 20.2 Å². The van der Waals surface area contributed by atoms with E-state index in [0.717, 1.165) is 17.0 Å². The van der Waals surface area contributed by atoms with Crippen LogP contribution in [0.15, 0.2) is 52.1 Å². The topological polar surface area (TPSA) is 96.0 Å². The van der Waals surface area contributed by atoms with E-state index in [2.05, 4.69) is 31.5 Å². The van der Waals surface area contributed by atoms with Gasteiger partial charge in [0, 0.05) is 22.4 Å². The van der Waals surface area contributed by atoms with E-state index in [4.69, 9.17) is 4.74 Å². The highest BCUT2D eigenvalue weighted by Gasteiger charge is 2.12. The normalized spacial score (nSPS) is 10.6. The van der Waals surface area contributed by atoms with E-state index < -0.39 is 4.92 Å². The molecule has 10 heteroatoms. The number of non-ortho nitro benzene ring substituents is 1. The van der Waals surface area contributed by atoms with Crippen LogP contribution in [0.2, 0.25) is 0 Å². The molecule has 0 radical (unpaired) electrons. The fraction of sp³-hybridized carbons (Fsp3) is 0.133. The molecule has 0 aliphatic carbocycles. The molecule has 0 unspecified atom stereocenters. The number of nitro benzene ring substituents is 1. The van der Waals surface area contributed by atoms with Gasteiger partial charge in [-0.15, -0.1) is 5.10 Å². The van der Waals surface area contributed by atoms with E-state index in [-0.39, 0.29) is 5.69 Å². The van der Waals surface area contributed by atoms with Crippen LogP contribution >= 0.6 is 27.7 Å². The Labute approximate surface area is 155 Å². The van der Waals surface area contributed by atoms with Crippen molar-refractivity contribution in [2.45, 2.75) is 10.9 Å². The predicted octanol–water partition coefficient (Wildman–Crippen LogP) is 3.63. The molecule has 128 valence electrons. The van der Waals surface area contributed by atoms with Crippen molar-refractivity contribution >= 4 is 33.4 Å². The number of hydrogen-bond acceptors (Lipinski definition) is 7. The third kappa shape index (κ3) is 4.15. The summed E-state index contributed by atoms with van der Waals surface area (Å²) in [6.07, 6.45) is 0. The standard InChI is InChI=1S/C15H12BrN5O3S/c1-24-14-4-2-12(3-5-14)20-15(17-18-19-20)25-9-10-6-11(16)8-13(7-10)21(22)23/h2-8H,9H2,1H3. The van der Waals surface area contributed by atoms with Gasteiger partial charge in [0.2, 0.25) is 5.16 Å². The van der Waals surface area contributed by atoms with Gasteiger partial charge < -0.3 is 4.74 Å². The molecule has 3 aromatic rings. The Hall–Kier alpha value is -2.46. The average Bonchev–Trinajstić information content (AvgIpc) is 3.08. The van der Waals surface area contributed by atoms with Crippen LogP contribution in [-0.2, 0) is 5.75 Å². The van der Waals surface area contributed by atoms with E-state index in [1.165, 1.54) is 17.8 Å². The quantitative estimate of drug-likeness (QED) is 0.340. The smallest absolute Gasteiger partial charge is 0.270 e. The van der Waals surface area contributed by atoms with Crippen LogP contribution in [-0.4, -0.2) is 32.2 Å². The van der Waals surface area contributed by atoms with Gasteiger partial charge in [-0.05, 0) is 46.3 Å². The largest absolute Gasteiger partial charge is 0.497 e. The third-order valence-electron chi connectivity index (χ3n) is 3.28. The summed E-state index contributed by atoms with van der Waals surface area (Å²) in [5.74, 6) is 1.24. The van der Waals surface area contributed by atoms with Crippen molar-refractivity contribution in [3.63, 3.8) is 0 Å². The van der Waals surface area contributed by atoms with Gasteiger partial charge in [0.15, 0.2) is 0 Å². The lowest BCUT2D eigenvalue weighted by molar-refractivity contribution is -0.385. The van der Waals surface area contributed by atoms with Crippen molar-refractivity contribution in [1.29, 1.82) is 0 Å². The second-order valence-electron chi connectivity index (χ2n) is 4.93. The lowest BCUT2D eigenvalue weighted by atomic mass is 10.2. The maximum absolute atomic E-state index is 11.0. The van der Waals surface area contributed by atoms with Crippen LogP contribution in [0, 0.1) is 10.1 Å². The minimum absolute atomic E-state index is 0.0414.